The quantitative estimate of drug-likeness (QED) is 0.480. The SMILES string of the molecule is Cc1ccc(C(C)C)c(OCC(=O)NNC(=S)NC(=O)CCc2ccccc2)c1. The van der Waals surface area contributed by atoms with Crippen LogP contribution in [0.2, 0.25) is 0 Å². The van der Waals surface area contributed by atoms with Crippen molar-refractivity contribution in [2.45, 2.75) is 39.5 Å². The maximum absolute atomic E-state index is 12.0. The Labute approximate surface area is 177 Å². The van der Waals surface area contributed by atoms with Crippen LogP contribution in [0.15, 0.2) is 48.5 Å². The molecule has 0 heterocycles. The van der Waals surface area contributed by atoms with Crippen molar-refractivity contribution in [1.82, 2.24) is 16.2 Å². The predicted molar refractivity (Wildman–Crippen MR) is 118 cm³/mol. The van der Waals surface area contributed by atoms with Gasteiger partial charge in [-0.15, -0.1) is 0 Å². The zero-order chi connectivity index (χ0) is 21.2. The van der Waals surface area contributed by atoms with Gasteiger partial charge in [-0.25, -0.2) is 0 Å². The molecule has 7 heteroatoms. The molecule has 0 aliphatic heterocycles. The fraction of sp³-hybridized carbons (Fsp3) is 0.318. The van der Waals surface area contributed by atoms with Crippen molar-refractivity contribution < 1.29 is 14.3 Å². The third-order valence-corrected chi connectivity index (χ3v) is 4.41. The van der Waals surface area contributed by atoms with Gasteiger partial charge >= 0.3 is 0 Å². The van der Waals surface area contributed by atoms with E-state index in [9.17, 15) is 9.59 Å². The third-order valence-electron chi connectivity index (χ3n) is 4.20. The van der Waals surface area contributed by atoms with E-state index in [1.54, 1.807) is 0 Å². The molecule has 0 saturated carbocycles. The third kappa shape index (κ3) is 7.91. The zero-order valence-electron chi connectivity index (χ0n) is 17.0. The summed E-state index contributed by atoms with van der Waals surface area (Å²) in [6.07, 6.45) is 0.915. The van der Waals surface area contributed by atoms with Crippen molar-refractivity contribution in [2.75, 3.05) is 6.61 Å². The highest BCUT2D eigenvalue weighted by molar-refractivity contribution is 7.80. The lowest BCUT2D eigenvalue weighted by Gasteiger charge is -2.15. The fourth-order valence-electron chi connectivity index (χ4n) is 2.67. The smallest absolute Gasteiger partial charge is 0.276 e. The Morgan fingerprint density at radius 2 is 1.76 bits per heavy atom. The summed E-state index contributed by atoms with van der Waals surface area (Å²) in [6.45, 7) is 5.94. The maximum atomic E-state index is 12.0. The van der Waals surface area contributed by atoms with Gasteiger partial charge in [0.05, 0.1) is 0 Å². The first-order chi connectivity index (χ1) is 13.8. The van der Waals surface area contributed by atoms with Crippen LogP contribution < -0.4 is 20.9 Å². The zero-order valence-corrected chi connectivity index (χ0v) is 17.8. The highest BCUT2D eigenvalue weighted by Crippen LogP contribution is 2.27. The lowest BCUT2D eigenvalue weighted by atomic mass is 10.0. The van der Waals surface area contributed by atoms with Crippen molar-refractivity contribution in [2.24, 2.45) is 0 Å². The minimum Gasteiger partial charge on any atom is -0.483 e. The summed E-state index contributed by atoms with van der Waals surface area (Å²) in [4.78, 5) is 24.0. The molecular weight excluding hydrogens is 386 g/mol. The number of amides is 2. The molecule has 154 valence electrons. The average Bonchev–Trinajstić information content (AvgIpc) is 2.69. The van der Waals surface area contributed by atoms with Gasteiger partial charge in [0.1, 0.15) is 5.75 Å². The minimum atomic E-state index is -0.401. The van der Waals surface area contributed by atoms with Crippen LogP contribution in [-0.2, 0) is 16.0 Å². The van der Waals surface area contributed by atoms with Gasteiger partial charge in [0, 0.05) is 6.42 Å². The van der Waals surface area contributed by atoms with E-state index in [0.717, 1.165) is 16.7 Å². The van der Waals surface area contributed by atoms with Gasteiger partial charge in [-0.05, 0) is 54.2 Å². The molecule has 0 saturated heterocycles. The van der Waals surface area contributed by atoms with Crippen molar-refractivity contribution >= 4 is 29.1 Å². The van der Waals surface area contributed by atoms with Crippen LogP contribution in [0.4, 0.5) is 0 Å². The van der Waals surface area contributed by atoms with Crippen LogP contribution in [0.25, 0.3) is 0 Å². The summed E-state index contributed by atoms with van der Waals surface area (Å²) >= 11 is 5.03. The Morgan fingerprint density at radius 3 is 2.45 bits per heavy atom. The number of benzene rings is 2. The molecule has 0 fully saturated rings. The predicted octanol–water partition coefficient (Wildman–Crippen LogP) is 3.15. The summed E-state index contributed by atoms with van der Waals surface area (Å²) in [7, 11) is 0. The number of hydrogen-bond donors (Lipinski definition) is 3. The highest BCUT2D eigenvalue weighted by Gasteiger charge is 2.11. The van der Waals surface area contributed by atoms with Crippen LogP contribution in [0.1, 0.15) is 42.9 Å². The van der Waals surface area contributed by atoms with Crippen molar-refractivity contribution in [3.05, 3.63) is 65.2 Å². The number of carbonyl (C=O) groups excluding carboxylic acids is 2. The molecule has 3 N–H and O–H groups in total. The van der Waals surface area contributed by atoms with Crippen molar-refractivity contribution in [3.63, 3.8) is 0 Å². The van der Waals surface area contributed by atoms with Crippen LogP contribution >= 0.6 is 12.2 Å². The number of rotatable bonds is 7. The Hall–Kier alpha value is -2.93. The topological polar surface area (TPSA) is 79.5 Å². The van der Waals surface area contributed by atoms with Gasteiger partial charge in [0.25, 0.3) is 5.91 Å². The molecule has 0 unspecified atom stereocenters. The number of hydrazine groups is 1. The molecule has 2 aromatic rings. The molecule has 0 aromatic heterocycles. The largest absolute Gasteiger partial charge is 0.483 e. The van der Waals surface area contributed by atoms with E-state index in [4.69, 9.17) is 17.0 Å². The van der Waals surface area contributed by atoms with E-state index in [1.165, 1.54) is 0 Å². The summed E-state index contributed by atoms with van der Waals surface area (Å²) in [5.74, 6) is 0.345. The molecule has 2 rings (SSSR count). The maximum Gasteiger partial charge on any atom is 0.276 e. The van der Waals surface area contributed by atoms with Crippen LogP contribution in [0, 0.1) is 6.92 Å². The Morgan fingerprint density at radius 1 is 1.03 bits per heavy atom. The van der Waals surface area contributed by atoms with Gasteiger partial charge in [-0.3, -0.25) is 20.4 Å². The summed E-state index contributed by atoms with van der Waals surface area (Å²) < 4.78 is 5.66. The molecule has 2 aromatic carbocycles. The molecular formula is C22H27N3O3S. The Kier molecular flexibility index (Phi) is 8.61. The van der Waals surface area contributed by atoms with E-state index in [0.29, 0.717) is 18.6 Å². The molecule has 2 amide bonds. The first-order valence-electron chi connectivity index (χ1n) is 9.51. The van der Waals surface area contributed by atoms with Gasteiger partial charge in [0.15, 0.2) is 11.7 Å². The molecule has 6 nitrogen and oxygen atoms in total. The number of thiocarbonyl (C=S) groups is 1. The number of aryl methyl sites for hydroxylation is 2. The molecule has 0 spiro atoms. The normalized spacial score (nSPS) is 10.3. The lowest BCUT2D eigenvalue weighted by Crippen LogP contribution is -2.49. The molecule has 0 aliphatic rings. The molecule has 0 bridgehead atoms. The first kappa shape index (κ1) is 22.4. The van der Waals surface area contributed by atoms with Crippen molar-refractivity contribution in [1.29, 1.82) is 0 Å². The highest BCUT2D eigenvalue weighted by atomic mass is 32.1. The van der Waals surface area contributed by atoms with E-state index in [2.05, 4.69) is 30.0 Å². The summed E-state index contributed by atoms with van der Waals surface area (Å²) in [5, 5.41) is 2.57. The Balaban J connectivity index is 1.71. The number of carbonyl (C=O) groups is 2. The van der Waals surface area contributed by atoms with Crippen molar-refractivity contribution in [3.8, 4) is 5.75 Å². The molecule has 0 aliphatic carbocycles. The van der Waals surface area contributed by atoms with Crippen LogP contribution in [0.5, 0.6) is 5.75 Å². The second-order valence-corrected chi connectivity index (χ2v) is 7.43. The van der Waals surface area contributed by atoms with E-state index >= 15 is 0 Å². The number of hydrogen-bond acceptors (Lipinski definition) is 4. The molecule has 0 radical (unpaired) electrons. The monoisotopic (exact) mass is 413 g/mol. The fourth-order valence-corrected chi connectivity index (χ4v) is 2.84. The van der Waals surface area contributed by atoms with E-state index < -0.39 is 5.91 Å². The standard InChI is InChI=1S/C22H27N3O3S/c1-15(2)18-11-9-16(3)13-19(18)28-14-21(27)24-25-22(29)23-20(26)12-10-17-7-5-4-6-8-17/h4-9,11,13,15H,10,12,14H2,1-3H3,(H,24,27)(H2,23,25,26,29). The summed E-state index contributed by atoms with van der Waals surface area (Å²) in [5.41, 5.74) is 8.11. The second-order valence-electron chi connectivity index (χ2n) is 7.02. The van der Waals surface area contributed by atoms with Crippen LogP contribution in [-0.4, -0.2) is 23.5 Å². The lowest BCUT2D eigenvalue weighted by molar-refractivity contribution is -0.124. The van der Waals surface area contributed by atoms with Gasteiger partial charge in [0.2, 0.25) is 5.91 Å². The second kappa shape index (κ2) is 11.2. The van der Waals surface area contributed by atoms with Gasteiger partial charge in [-0.2, -0.15) is 0 Å². The van der Waals surface area contributed by atoms with Crippen LogP contribution in [0.3, 0.4) is 0 Å². The van der Waals surface area contributed by atoms with E-state index in [1.807, 2.05) is 55.5 Å². The number of nitrogens with one attached hydrogen (secondary N) is 3. The minimum absolute atomic E-state index is 0.0369. The molecule has 29 heavy (non-hydrogen) atoms. The number of ether oxygens (including phenoxy) is 1. The Bertz CT molecular complexity index is 854. The van der Waals surface area contributed by atoms with E-state index in [-0.39, 0.29) is 23.5 Å². The van der Waals surface area contributed by atoms with Gasteiger partial charge < -0.3 is 10.1 Å². The molecule has 0 atom stereocenters. The van der Waals surface area contributed by atoms with Gasteiger partial charge in [-0.1, -0.05) is 56.3 Å². The average molecular weight is 414 g/mol. The first-order valence-corrected chi connectivity index (χ1v) is 9.92. The summed E-state index contributed by atoms with van der Waals surface area (Å²) in [6, 6.07) is 15.6.